The number of benzene rings is 3. The molecular weight excluding hydrogens is 397 g/mol. The Hall–Kier alpha value is -2.95. The van der Waals surface area contributed by atoms with Crippen LogP contribution < -0.4 is 10.1 Å². The van der Waals surface area contributed by atoms with Gasteiger partial charge in [0, 0.05) is 5.69 Å². The molecule has 140 valence electrons. The number of rotatable bonds is 5. The minimum atomic E-state index is -0.379. The van der Waals surface area contributed by atoms with Crippen molar-refractivity contribution in [2.75, 3.05) is 5.32 Å². The van der Waals surface area contributed by atoms with Crippen LogP contribution >= 0.6 is 23.2 Å². The second-order valence-corrected chi connectivity index (χ2v) is 6.96. The van der Waals surface area contributed by atoms with Crippen LogP contribution in [-0.4, -0.2) is 5.91 Å². The molecule has 0 atom stereocenters. The summed E-state index contributed by atoms with van der Waals surface area (Å²) in [6.45, 7) is 0.221. The van der Waals surface area contributed by atoms with E-state index in [1.165, 1.54) is 0 Å². The third-order valence-corrected chi connectivity index (χ3v) is 4.90. The lowest BCUT2D eigenvalue weighted by atomic mass is 10.1. The van der Waals surface area contributed by atoms with Crippen molar-refractivity contribution >= 4 is 45.6 Å². The highest BCUT2D eigenvalue weighted by Crippen LogP contribution is 2.26. The first-order chi connectivity index (χ1) is 13.6. The fourth-order valence-corrected chi connectivity index (χ4v) is 3.05. The predicted octanol–water partition coefficient (Wildman–Crippen LogP) is 6.57. The van der Waals surface area contributed by atoms with Gasteiger partial charge in [0.25, 0.3) is 5.91 Å². The second kappa shape index (κ2) is 7.97. The lowest BCUT2D eigenvalue weighted by Gasteiger charge is -2.06. The lowest BCUT2D eigenvalue weighted by molar-refractivity contribution is 0.0992. The van der Waals surface area contributed by atoms with E-state index in [4.69, 9.17) is 32.4 Å². The van der Waals surface area contributed by atoms with Crippen molar-refractivity contribution in [2.45, 2.75) is 6.61 Å². The minimum absolute atomic E-state index is 0.184. The highest BCUT2D eigenvalue weighted by atomic mass is 35.5. The standard InChI is InChI=1S/C22H15Cl2NO3/c23-19-9-6-16(12-20(19)24)25-22(26)21-10-8-18(28-21)13-27-17-7-5-14-3-1-2-4-15(14)11-17/h1-12H,13H2,(H,25,26). The van der Waals surface area contributed by atoms with E-state index in [2.05, 4.69) is 5.32 Å². The molecule has 0 aliphatic heterocycles. The molecule has 0 fully saturated rings. The van der Waals surface area contributed by atoms with E-state index in [1.54, 1.807) is 30.3 Å². The number of amides is 1. The van der Waals surface area contributed by atoms with Crippen LogP contribution in [0.2, 0.25) is 10.0 Å². The van der Waals surface area contributed by atoms with Crippen molar-refractivity contribution in [1.82, 2.24) is 0 Å². The zero-order valence-electron chi connectivity index (χ0n) is 14.6. The number of furan rings is 1. The highest BCUT2D eigenvalue weighted by Gasteiger charge is 2.13. The van der Waals surface area contributed by atoms with Crippen molar-refractivity contribution in [1.29, 1.82) is 0 Å². The molecule has 0 radical (unpaired) electrons. The quantitative estimate of drug-likeness (QED) is 0.403. The summed E-state index contributed by atoms with van der Waals surface area (Å²) in [4.78, 5) is 12.3. The maximum Gasteiger partial charge on any atom is 0.291 e. The normalized spacial score (nSPS) is 10.8. The minimum Gasteiger partial charge on any atom is -0.486 e. The van der Waals surface area contributed by atoms with Gasteiger partial charge in [0.2, 0.25) is 0 Å². The molecule has 6 heteroatoms. The highest BCUT2D eigenvalue weighted by molar-refractivity contribution is 6.42. The molecule has 0 aliphatic carbocycles. The Labute approximate surface area is 171 Å². The SMILES string of the molecule is O=C(Nc1ccc(Cl)c(Cl)c1)c1ccc(COc2ccc3ccccc3c2)o1. The second-order valence-electron chi connectivity index (χ2n) is 6.15. The first kappa shape index (κ1) is 18.4. The third-order valence-electron chi connectivity index (χ3n) is 4.16. The number of carbonyl (C=O) groups excluding carboxylic acids is 1. The number of nitrogens with one attached hydrogen (secondary N) is 1. The summed E-state index contributed by atoms with van der Waals surface area (Å²) in [5, 5.41) is 5.75. The third kappa shape index (κ3) is 4.14. The molecule has 0 saturated heterocycles. The van der Waals surface area contributed by atoms with E-state index in [0.717, 1.165) is 16.5 Å². The Morgan fingerprint density at radius 1 is 0.893 bits per heavy atom. The molecule has 28 heavy (non-hydrogen) atoms. The van der Waals surface area contributed by atoms with Crippen LogP contribution in [-0.2, 0) is 6.61 Å². The van der Waals surface area contributed by atoms with Crippen molar-refractivity contribution in [2.24, 2.45) is 0 Å². The van der Waals surface area contributed by atoms with E-state index >= 15 is 0 Å². The molecule has 0 unspecified atom stereocenters. The Morgan fingerprint density at radius 2 is 1.71 bits per heavy atom. The predicted molar refractivity (Wildman–Crippen MR) is 111 cm³/mol. The van der Waals surface area contributed by atoms with Gasteiger partial charge in [-0.2, -0.15) is 0 Å². The topological polar surface area (TPSA) is 51.5 Å². The van der Waals surface area contributed by atoms with Gasteiger partial charge >= 0.3 is 0 Å². The number of ether oxygens (including phenoxy) is 1. The van der Waals surface area contributed by atoms with Gasteiger partial charge in [0.05, 0.1) is 10.0 Å². The van der Waals surface area contributed by atoms with Crippen LogP contribution in [0.25, 0.3) is 10.8 Å². The summed E-state index contributed by atoms with van der Waals surface area (Å²) in [7, 11) is 0. The average Bonchev–Trinajstić information content (AvgIpc) is 3.18. The van der Waals surface area contributed by atoms with Crippen LogP contribution in [0.4, 0.5) is 5.69 Å². The molecule has 0 spiro atoms. The zero-order chi connectivity index (χ0) is 19.5. The van der Waals surface area contributed by atoms with E-state index in [1.807, 2.05) is 42.5 Å². The zero-order valence-corrected chi connectivity index (χ0v) is 16.1. The van der Waals surface area contributed by atoms with Gasteiger partial charge in [-0.25, -0.2) is 0 Å². The van der Waals surface area contributed by atoms with Gasteiger partial charge in [-0.3, -0.25) is 4.79 Å². The van der Waals surface area contributed by atoms with E-state index in [9.17, 15) is 4.79 Å². The first-order valence-electron chi connectivity index (χ1n) is 8.55. The number of hydrogen-bond acceptors (Lipinski definition) is 3. The monoisotopic (exact) mass is 411 g/mol. The van der Waals surface area contributed by atoms with E-state index < -0.39 is 0 Å². The molecule has 1 heterocycles. The van der Waals surface area contributed by atoms with Gasteiger partial charge in [-0.05, 0) is 53.2 Å². The molecule has 0 aliphatic rings. The summed E-state index contributed by atoms with van der Waals surface area (Å²) in [6.07, 6.45) is 0. The van der Waals surface area contributed by atoms with Crippen LogP contribution in [0.3, 0.4) is 0 Å². The molecule has 4 aromatic rings. The van der Waals surface area contributed by atoms with Gasteiger partial charge < -0.3 is 14.5 Å². The smallest absolute Gasteiger partial charge is 0.291 e. The number of halogens is 2. The number of hydrogen-bond donors (Lipinski definition) is 1. The largest absolute Gasteiger partial charge is 0.486 e. The molecule has 3 aromatic carbocycles. The van der Waals surface area contributed by atoms with Crippen molar-refractivity contribution in [3.63, 3.8) is 0 Å². The number of anilines is 1. The molecule has 1 amide bonds. The maximum atomic E-state index is 12.3. The summed E-state index contributed by atoms with van der Waals surface area (Å²) >= 11 is 11.8. The van der Waals surface area contributed by atoms with Crippen molar-refractivity contribution in [3.05, 3.63) is 94.4 Å². The van der Waals surface area contributed by atoms with Gasteiger partial charge in [-0.1, -0.05) is 53.5 Å². The van der Waals surface area contributed by atoms with Crippen LogP contribution in [0.1, 0.15) is 16.3 Å². The fraction of sp³-hybridized carbons (Fsp3) is 0.0455. The summed E-state index contributed by atoms with van der Waals surface area (Å²) < 4.78 is 11.4. The molecule has 0 bridgehead atoms. The average molecular weight is 412 g/mol. The summed E-state index contributed by atoms with van der Waals surface area (Å²) in [6, 6.07) is 22.1. The van der Waals surface area contributed by atoms with Crippen LogP contribution in [0.5, 0.6) is 5.75 Å². The van der Waals surface area contributed by atoms with E-state index in [-0.39, 0.29) is 18.3 Å². The number of carbonyl (C=O) groups is 1. The molecule has 4 nitrogen and oxygen atoms in total. The lowest BCUT2D eigenvalue weighted by Crippen LogP contribution is -2.10. The molecular formula is C22H15Cl2NO3. The Balaban J connectivity index is 1.40. The molecule has 1 aromatic heterocycles. The molecule has 4 rings (SSSR count). The Morgan fingerprint density at radius 3 is 2.54 bits per heavy atom. The maximum absolute atomic E-state index is 12.3. The van der Waals surface area contributed by atoms with Crippen molar-refractivity contribution < 1.29 is 13.9 Å². The van der Waals surface area contributed by atoms with Crippen LogP contribution in [0.15, 0.2) is 77.2 Å². The summed E-state index contributed by atoms with van der Waals surface area (Å²) in [5.41, 5.74) is 0.532. The molecule has 0 saturated carbocycles. The Kier molecular flexibility index (Phi) is 5.24. The summed E-state index contributed by atoms with van der Waals surface area (Å²) in [5.74, 6) is 1.09. The molecule has 1 N–H and O–H groups in total. The van der Waals surface area contributed by atoms with Gasteiger partial charge in [-0.15, -0.1) is 0 Å². The van der Waals surface area contributed by atoms with Gasteiger partial charge in [0.1, 0.15) is 18.1 Å². The van der Waals surface area contributed by atoms with Crippen LogP contribution in [0, 0.1) is 0 Å². The number of fused-ring (bicyclic) bond motifs is 1. The van der Waals surface area contributed by atoms with E-state index in [0.29, 0.717) is 21.5 Å². The van der Waals surface area contributed by atoms with Gasteiger partial charge in [0.15, 0.2) is 5.76 Å². The first-order valence-corrected chi connectivity index (χ1v) is 9.31. The Bertz CT molecular complexity index is 1150. The van der Waals surface area contributed by atoms with Crippen molar-refractivity contribution in [3.8, 4) is 5.75 Å². The fourth-order valence-electron chi connectivity index (χ4n) is 2.76.